The maximum absolute atomic E-state index is 12.1. The van der Waals surface area contributed by atoms with E-state index in [0.717, 1.165) is 6.42 Å². The molecule has 0 rings (SSSR count). The van der Waals surface area contributed by atoms with Crippen LogP contribution < -0.4 is 21.3 Å². The summed E-state index contributed by atoms with van der Waals surface area (Å²) in [4.78, 5) is 23.7. The van der Waals surface area contributed by atoms with E-state index in [1.54, 1.807) is 0 Å². The molecule has 0 aliphatic heterocycles. The van der Waals surface area contributed by atoms with Gasteiger partial charge >= 0.3 is 0 Å². The lowest BCUT2D eigenvalue weighted by Gasteiger charge is -2.32. The Morgan fingerprint density at radius 2 is 1.68 bits per heavy atom. The van der Waals surface area contributed by atoms with E-state index in [0.29, 0.717) is 38.8 Å². The second kappa shape index (κ2) is 13.5. The Balaban J connectivity index is 4.32. The summed E-state index contributed by atoms with van der Waals surface area (Å²) in [7, 11) is 3.64. The molecule has 1 unspecified atom stereocenters. The van der Waals surface area contributed by atoms with Gasteiger partial charge in [0.15, 0.2) is 0 Å². The molecule has 0 radical (unpaired) electrons. The molecule has 1 atom stereocenters. The van der Waals surface area contributed by atoms with E-state index >= 15 is 0 Å². The van der Waals surface area contributed by atoms with Crippen molar-refractivity contribution in [2.24, 2.45) is 0 Å². The van der Waals surface area contributed by atoms with Crippen LogP contribution in [0.3, 0.4) is 0 Å². The van der Waals surface area contributed by atoms with E-state index in [2.05, 4.69) is 40.0 Å². The second-order valence-corrected chi connectivity index (χ2v) is 7.80. The zero-order valence-corrected chi connectivity index (χ0v) is 18.8. The van der Waals surface area contributed by atoms with Gasteiger partial charge in [0, 0.05) is 25.0 Å². The van der Waals surface area contributed by atoms with Crippen molar-refractivity contribution >= 4 is 11.8 Å². The number of hydrogen-bond acceptors (Lipinski definition) is 5. The zero-order valence-electron chi connectivity index (χ0n) is 18.8. The minimum Gasteiger partial charge on any atom is -0.375 e. The van der Waals surface area contributed by atoms with Crippen LogP contribution in [0.5, 0.6) is 0 Å². The Morgan fingerprint density at radius 1 is 1.04 bits per heavy atom. The number of carbonyl (C=O) groups is 2. The molecule has 7 nitrogen and oxygen atoms in total. The maximum atomic E-state index is 12.1. The summed E-state index contributed by atoms with van der Waals surface area (Å²) in [6.45, 7) is 10.8. The zero-order chi connectivity index (χ0) is 21.6. The molecule has 0 aliphatic rings. The highest BCUT2D eigenvalue weighted by Gasteiger charge is 2.26. The molecule has 0 bridgehead atoms. The third-order valence-corrected chi connectivity index (χ3v) is 4.80. The van der Waals surface area contributed by atoms with Gasteiger partial charge in [-0.1, -0.05) is 25.7 Å². The van der Waals surface area contributed by atoms with Crippen LogP contribution in [0.1, 0.15) is 66.7 Å². The van der Waals surface area contributed by atoms with Crippen molar-refractivity contribution < 1.29 is 14.3 Å². The summed E-state index contributed by atoms with van der Waals surface area (Å²) in [6.07, 6.45) is 2.95. The van der Waals surface area contributed by atoms with Crippen molar-refractivity contribution in [2.75, 3.05) is 27.2 Å². The predicted molar refractivity (Wildman–Crippen MR) is 114 cm³/mol. The standard InChI is InChI=1S/C21H40N4O3/c1-8-18(26)25-20(3,4)14-16-28-21(5,9-2)13-12-19(27)24-15-10-11-17(22-6)23-7/h17,22-23H,8-9,12-16H2,1-7H3,(H,24,27)(H,25,26). The van der Waals surface area contributed by atoms with Crippen LogP contribution in [0.25, 0.3) is 0 Å². The van der Waals surface area contributed by atoms with Gasteiger partial charge in [-0.3, -0.25) is 20.2 Å². The first kappa shape index (κ1) is 26.4. The highest BCUT2D eigenvalue weighted by molar-refractivity contribution is 5.76. The normalized spacial score (nSPS) is 13.4. The average molecular weight is 397 g/mol. The molecule has 162 valence electrons. The third kappa shape index (κ3) is 12.0. The highest BCUT2D eigenvalue weighted by Crippen LogP contribution is 2.23. The molecule has 0 aromatic rings. The van der Waals surface area contributed by atoms with Crippen LogP contribution in [-0.2, 0) is 14.3 Å². The molecule has 0 aromatic heterocycles. The second-order valence-electron chi connectivity index (χ2n) is 7.80. The van der Waals surface area contributed by atoms with Gasteiger partial charge < -0.3 is 15.4 Å². The number of hydrogen-bond donors (Lipinski definition) is 4. The summed E-state index contributed by atoms with van der Waals surface area (Å²) in [5, 5.41) is 11.8. The number of rotatable bonds is 13. The number of amides is 2. The Hall–Kier alpha value is -1.62. The first-order valence-corrected chi connectivity index (χ1v) is 10.2. The van der Waals surface area contributed by atoms with Gasteiger partial charge in [-0.25, -0.2) is 0 Å². The minimum absolute atomic E-state index is 0.0291. The van der Waals surface area contributed by atoms with Gasteiger partial charge in [-0.05, 0) is 54.1 Å². The van der Waals surface area contributed by atoms with Crippen LogP contribution in [0.2, 0.25) is 0 Å². The number of carbonyl (C=O) groups excluding carboxylic acids is 2. The Labute approximate surface area is 171 Å². The molecule has 0 saturated heterocycles. The van der Waals surface area contributed by atoms with Gasteiger partial charge in [0.05, 0.1) is 12.1 Å². The van der Waals surface area contributed by atoms with E-state index in [-0.39, 0.29) is 29.1 Å². The molecule has 28 heavy (non-hydrogen) atoms. The Kier molecular flexibility index (Phi) is 12.8. The lowest BCUT2D eigenvalue weighted by molar-refractivity contribution is -0.124. The number of nitrogens with one attached hydrogen (secondary N) is 4. The fourth-order valence-corrected chi connectivity index (χ4v) is 2.48. The van der Waals surface area contributed by atoms with Crippen molar-refractivity contribution in [1.29, 1.82) is 0 Å². The monoisotopic (exact) mass is 396 g/mol. The van der Waals surface area contributed by atoms with Crippen LogP contribution >= 0.6 is 0 Å². The lowest BCUT2D eigenvalue weighted by Crippen LogP contribution is -2.44. The summed E-state index contributed by atoms with van der Waals surface area (Å²) in [5.41, 5.74) is -0.673. The predicted octanol–water partition coefficient (Wildman–Crippen LogP) is 1.53. The van der Waals surface area contributed by atoms with Gasteiger partial charge in [0.25, 0.3) is 0 Å². The van der Waals surface area contributed by atoms with Crippen molar-refractivity contribution in [3.05, 3.63) is 0 Å². The molecule has 0 aromatic carbocycles. The van der Waals surface area contributed by atoms with Gasteiger partial charge in [-0.2, -0.15) is 0 Å². The van der Waals surface area contributed by atoms with Crippen LogP contribution in [0, 0.1) is 11.8 Å². The van der Waals surface area contributed by atoms with Crippen LogP contribution in [-0.4, -0.2) is 56.4 Å². The van der Waals surface area contributed by atoms with E-state index in [4.69, 9.17) is 4.74 Å². The average Bonchev–Trinajstić information content (AvgIpc) is 2.65. The first-order valence-electron chi connectivity index (χ1n) is 10.2. The van der Waals surface area contributed by atoms with Crippen LogP contribution in [0.15, 0.2) is 0 Å². The van der Waals surface area contributed by atoms with E-state index in [9.17, 15) is 9.59 Å². The third-order valence-electron chi connectivity index (χ3n) is 4.80. The highest BCUT2D eigenvalue weighted by atomic mass is 16.5. The quantitative estimate of drug-likeness (QED) is 0.280. The summed E-state index contributed by atoms with van der Waals surface area (Å²) in [5.74, 6) is 5.92. The van der Waals surface area contributed by atoms with E-state index in [1.807, 2.05) is 41.8 Å². The lowest BCUT2D eigenvalue weighted by atomic mass is 9.95. The van der Waals surface area contributed by atoms with Crippen molar-refractivity contribution in [3.63, 3.8) is 0 Å². The van der Waals surface area contributed by atoms with E-state index in [1.165, 1.54) is 0 Å². The molecular formula is C21H40N4O3. The summed E-state index contributed by atoms with van der Waals surface area (Å²) in [6, 6.07) is 0. The van der Waals surface area contributed by atoms with Crippen LogP contribution in [0.4, 0.5) is 0 Å². The fourth-order valence-electron chi connectivity index (χ4n) is 2.48. The molecule has 0 spiro atoms. The first-order chi connectivity index (χ1) is 13.1. The minimum atomic E-state index is -0.364. The molecule has 7 heteroatoms. The summed E-state index contributed by atoms with van der Waals surface area (Å²) >= 11 is 0. The molecule has 0 saturated carbocycles. The molecule has 0 fully saturated rings. The molecule has 4 N–H and O–H groups in total. The van der Waals surface area contributed by atoms with E-state index < -0.39 is 0 Å². The smallest absolute Gasteiger partial charge is 0.220 e. The molecular weight excluding hydrogens is 356 g/mol. The fraction of sp³-hybridized carbons (Fsp3) is 0.810. The SMILES string of the molecule is CCC(=O)NC(C)(C)CCOC(C)(CC)CCC(=O)NCC#CC(NC)NC. The molecule has 2 amide bonds. The molecule has 0 aliphatic carbocycles. The van der Waals surface area contributed by atoms with Gasteiger partial charge in [0.2, 0.25) is 11.8 Å². The van der Waals surface area contributed by atoms with Gasteiger partial charge in [0.1, 0.15) is 6.17 Å². The maximum Gasteiger partial charge on any atom is 0.220 e. The summed E-state index contributed by atoms with van der Waals surface area (Å²) < 4.78 is 6.09. The van der Waals surface area contributed by atoms with Crippen molar-refractivity contribution in [2.45, 2.75) is 84.0 Å². The molecule has 0 heterocycles. The van der Waals surface area contributed by atoms with Crippen molar-refractivity contribution in [3.8, 4) is 11.8 Å². The van der Waals surface area contributed by atoms with Gasteiger partial charge in [-0.15, -0.1) is 0 Å². The Bertz CT molecular complexity index is 536. The Morgan fingerprint density at radius 3 is 2.21 bits per heavy atom. The topological polar surface area (TPSA) is 91.5 Å². The van der Waals surface area contributed by atoms with Crippen molar-refractivity contribution in [1.82, 2.24) is 21.3 Å². The number of ether oxygens (including phenoxy) is 1. The largest absolute Gasteiger partial charge is 0.375 e.